The molecule has 1 aliphatic heterocycles. The van der Waals surface area contributed by atoms with E-state index in [0.29, 0.717) is 19.0 Å². The molecule has 2 N–H and O–H groups in total. The van der Waals surface area contributed by atoms with E-state index in [-0.39, 0.29) is 17.7 Å². The van der Waals surface area contributed by atoms with Crippen LogP contribution in [0.2, 0.25) is 0 Å². The van der Waals surface area contributed by atoms with E-state index in [9.17, 15) is 4.79 Å². The molecule has 1 fully saturated rings. The number of H-pyrrole nitrogens is 1. The zero-order chi connectivity index (χ0) is 15.8. The number of ether oxygens (including phenoxy) is 2. The summed E-state index contributed by atoms with van der Waals surface area (Å²) in [4.78, 5) is 12.3. The third kappa shape index (κ3) is 2.76. The number of aromatic amines is 1. The first-order valence-corrected chi connectivity index (χ1v) is 7.99. The van der Waals surface area contributed by atoms with Crippen LogP contribution in [0.3, 0.4) is 0 Å². The molecule has 0 radical (unpaired) electrons. The lowest BCUT2D eigenvalue weighted by atomic mass is 10.1. The van der Waals surface area contributed by atoms with E-state index in [1.165, 1.54) is 0 Å². The minimum Gasteiger partial charge on any atom is -0.486 e. The van der Waals surface area contributed by atoms with Crippen molar-refractivity contribution in [2.75, 3.05) is 18.5 Å². The summed E-state index contributed by atoms with van der Waals surface area (Å²) < 4.78 is 11.1. The number of benzene rings is 1. The Morgan fingerprint density at radius 3 is 2.91 bits per heavy atom. The molecule has 1 aromatic carbocycles. The molecule has 1 aromatic heterocycles. The van der Waals surface area contributed by atoms with Gasteiger partial charge in [0.05, 0.1) is 0 Å². The fraction of sp³-hybridized carbons (Fsp3) is 0.412. The molecule has 0 saturated heterocycles. The summed E-state index contributed by atoms with van der Waals surface area (Å²) in [6.45, 7) is 3.20. The Balaban J connectivity index is 1.42. The molecule has 23 heavy (non-hydrogen) atoms. The fourth-order valence-corrected chi connectivity index (χ4v) is 2.97. The molecule has 2 atom stereocenters. The predicted molar refractivity (Wildman–Crippen MR) is 84.9 cm³/mol. The topological polar surface area (TPSA) is 76.2 Å². The Kier molecular flexibility index (Phi) is 3.44. The Morgan fingerprint density at radius 2 is 2.13 bits per heavy atom. The number of aromatic nitrogens is 2. The van der Waals surface area contributed by atoms with Crippen molar-refractivity contribution in [3.05, 3.63) is 35.5 Å². The number of rotatable bonds is 4. The number of anilines is 1. The molecule has 120 valence electrons. The van der Waals surface area contributed by atoms with Crippen LogP contribution < -0.4 is 14.8 Å². The molecule has 2 aliphatic rings. The molecule has 2 aromatic rings. The minimum atomic E-state index is -0.000615. The number of hydrogen-bond donors (Lipinski definition) is 2. The third-order valence-electron chi connectivity index (χ3n) is 4.38. The lowest BCUT2D eigenvalue weighted by Gasteiger charge is -2.18. The number of carbonyl (C=O) groups excluding carboxylic acids is 1. The van der Waals surface area contributed by atoms with Gasteiger partial charge in [-0.2, -0.15) is 5.10 Å². The van der Waals surface area contributed by atoms with Gasteiger partial charge in [-0.25, -0.2) is 0 Å². The van der Waals surface area contributed by atoms with Gasteiger partial charge in [0.25, 0.3) is 0 Å². The first-order valence-electron chi connectivity index (χ1n) is 7.99. The first kappa shape index (κ1) is 14.1. The van der Waals surface area contributed by atoms with Crippen LogP contribution >= 0.6 is 0 Å². The molecule has 1 aliphatic carbocycles. The summed E-state index contributed by atoms with van der Waals surface area (Å²) in [5.41, 5.74) is 2.14. The molecule has 6 heteroatoms. The molecular formula is C17H19N3O3. The molecule has 2 heterocycles. The number of aryl methyl sites for hydroxylation is 1. The zero-order valence-electron chi connectivity index (χ0n) is 13.0. The maximum Gasteiger partial charge on any atom is 0.229 e. The van der Waals surface area contributed by atoms with Crippen LogP contribution in [0.1, 0.15) is 30.5 Å². The number of nitrogens with one attached hydrogen (secondary N) is 2. The van der Waals surface area contributed by atoms with Gasteiger partial charge in [0.15, 0.2) is 17.3 Å². The second kappa shape index (κ2) is 5.61. The summed E-state index contributed by atoms with van der Waals surface area (Å²) in [7, 11) is 0. The highest BCUT2D eigenvalue weighted by Crippen LogP contribution is 2.49. The van der Waals surface area contributed by atoms with Gasteiger partial charge < -0.3 is 14.8 Å². The zero-order valence-corrected chi connectivity index (χ0v) is 13.0. The van der Waals surface area contributed by atoms with Crippen LogP contribution in [0.5, 0.6) is 11.5 Å². The summed E-state index contributed by atoms with van der Waals surface area (Å²) in [6.07, 6.45) is 1.72. The summed E-state index contributed by atoms with van der Waals surface area (Å²) in [5, 5.41) is 9.88. The molecule has 4 rings (SSSR count). The largest absolute Gasteiger partial charge is 0.486 e. The second-order valence-electron chi connectivity index (χ2n) is 5.97. The van der Waals surface area contributed by atoms with Crippen LogP contribution in [0.4, 0.5) is 5.82 Å². The second-order valence-corrected chi connectivity index (χ2v) is 5.97. The SMILES string of the molecule is CCc1cc(NC(=O)[C@@H]2C[C@@H]2c2ccc3c(c2)OCCO3)n[nH]1. The van der Waals surface area contributed by atoms with Gasteiger partial charge >= 0.3 is 0 Å². The highest BCUT2D eigenvalue weighted by atomic mass is 16.6. The quantitative estimate of drug-likeness (QED) is 0.909. The van der Waals surface area contributed by atoms with Crippen LogP contribution in [0.25, 0.3) is 0 Å². The maximum absolute atomic E-state index is 12.3. The number of fused-ring (bicyclic) bond motifs is 1. The molecular weight excluding hydrogens is 294 g/mol. The van der Waals surface area contributed by atoms with Gasteiger partial charge in [0.1, 0.15) is 13.2 Å². The molecule has 0 unspecified atom stereocenters. The third-order valence-corrected chi connectivity index (χ3v) is 4.38. The molecule has 1 saturated carbocycles. The Hall–Kier alpha value is -2.50. The van der Waals surface area contributed by atoms with Crippen molar-refractivity contribution in [1.82, 2.24) is 10.2 Å². The Morgan fingerprint density at radius 1 is 1.30 bits per heavy atom. The monoisotopic (exact) mass is 313 g/mol. The van der Waals surface area contributed by atoms with E-state index in [2.05, 4.69) is 15.5 Å². The van der Waals surface area contributed by atoms with Gasteiger partial charge in [0, 0.05) is 17.7 Å². The van der Waals surface area contributed by atoms with Gasteiger partial charge in [0.2, 0.25) is 5.91 Å². The smallest absolute Gasteiger partial charge is 0.229 e. The minimum absolute atomic E-state index is 0.000615. The van der Waals surface area contributed by atoms with Crippen molar-refractivity contribution in [2.24, 2.45) is 5.92 Å². The molecule has 6 nitrogen and oxygen atoms in total. The van der Waals surface area contributed by atoms with Crippen molar-refractivity contribution < 1.29 is 14.3 Å². The average Bonchev–Trinajstić information content (AvgIpc) is 3.27. The lowest BCUT2D eigenvalue weighted by Crippen LogP contribution is -2.16. The number of hydrogen-bond acceptors (Lipinski definition) is 4. The standard InChI is InChI=1S/C17H19N3O3/c1-2-11-8-16(20-19-11)18-17(21)13-9-12(13)10-3-4-14-15(7-10)23-6-5-22-14/h3-4,7-8,12-13H,2,5-6,9H2,1H3,(H2,18,19,20,21)/t12-,13-/m1/s1. The average molecular weight is 313 g/mol. The van der Waals surface area contributed by atoms with Gasteiger partial charge in [-0.1, -0.05) is 13.0 Å². The van der Waals surface area contributed by atoms with E-state index >= 15 is 0 Å². The highest BCUT2D eigenvalue weighted by molar-refractivity contribution is 5.94. The van der Waals surface area contributed by atoms with Crippen LogP contribution in [-0.4, -0.2) is 29.3 Å². The van der Waals surface area contributed by atoms with Crippen molar-refractivity contribution in [3.63, 3.8) is 0 Å². The van der Waals surface area contributed by atoms with Crippen LogP contribution in [0, 0.1) is 5.92 Å². The van der Waals surface area contributed by atoms with E-state index < -0.39 is 0 Å². The van der Waals surface area contributed by atoms with Crippen molar-refractivity contribution in [1.29, 1.82) is 0 Å². The number of carbonyl (C=O) groups is 1. The van der Waals surface area contributed by atoms with E-state index in [1.807, 2.05) is 31.2 Å². The van der Waals surface area contributed by atoms with Gasteiger partial charge in [-0.15, -0.1) is 0 Å². The van der Waals surface area contributed by atoms with Gasteiger partial charge in [-0.05, 0) is 36.5 Å². The summed E-state index contributed by atoms with van der Waals surface area (Å²) >= 11 is 0. The maximum atomic E-state index is 12.3. The van der Waals surface area contributed by atoms with Crippen molar-refractivity contribution in [3.8, 4) is 11.5 Å². The van der Waals surface area contributed by atoms with E-state index in [0.717, 1.165) is 35.6 Å². The predicted octanol–water partition coefficient (Wildman–Crippen LogP) is 2.49. The molecule has 0 bridgehead atoms. The van der Waals surface area contributed by atoms with Crippen molar-refractivity contribution >= 4 is 11.7 Å². The molecule has 0 spiro atoms. The van der Waals surface area contributed by atoms with Crippen LogP contribution in [-0.2, 0) is 11.2 Å². The van der Waals surface area contributed by atoms with E-state index in [1.54, 1.807) is 0 Å². The first-order chi connectivity index (χ1) is 11.2. The normalized spacial score (nSPS) is 21.8. The van der Waals surface area contributed by atoms with Crippen LogP contribution in [0.15, 0.2) is 24.3 Å². The van der Waals surface area contributed by atoms with Gasteiger partial charge in [-0.3, -0.25) is 9.89 Å². The summed E-state index contributed by atoms with van der Waals surface area (Å²) in [5.74, 6) is 2.43. The number of amides is 1. The lowest BCUT2D eigenvalue weighted by molar-refractivity contribution is -0.117. The summed E-state index contributed by atoms with van der Waals surface area (Å²) in [6, 6.07) is 7.82. The Labute approximate surface area is 134 Å². The Bertz CT molecular complexity index is 740. The molecule has 1 amide bonds. The van der Waals surface area contributed by atoms with Crippen molar-refractivity contribution in [2.45, 2.75) is 25.7 Å². The highest BCUT2D eigenvalue weighted by Gasteiger charge is 2.44. The fourth-order valence-electron chi connectivity index (χ4n) is 2.97. The van der Waals surface area contributed by atoms with E-state index in [4.69, 9.17) is 9.47 Å². The number of nitrogens with zero attached hydrogens (tertiary/aromatic N) is 1.